The molecule has 4 aromatic rings. The number of hydrogen-bond acceptors (Lipinski definition) is 3. The van der Waals surface area contributed by atoms with Crippen LogP contribution in [0.1, 0.15) is 51.4 Å². The standard InChI is InChI=1S/C30H32N4OS/c1-19-9-8-11-27(21(19)3)34-20(2)17-25(22(34)4)29-28(26-10-6-7-16-31-26)32-30(36)33(29)18-23-12-14-24(35-5)15-13-23/h6-17,28-29H,18H2,1-5H3,(H,32,36). The molecule has 0 bridgehead atoms. The lowest BCUT2D eigenvalue weighted by Crippen LogP contribution is -2.29. The lowest BCUT2D eigenvalue weighted by molar-refractivity contribution is 0.310. The lowest BCUT2D eigenvalue weighted by Gasteiger charge is -2.28. The second-order valence-corrected chi connectivity index (χ2v) is 9.87. The fraction of sp³-hybridized carbons (Fsp3) is 0.267. The van der Waals surface area contributed by atoms with Crippen LogP contribution in [0.2, 0.25) is 0 Å². The van der Waals surface area contributed by atoms with Crippen LogP contribution in [0.3, 0.4) is 0 Å². The summed E-state index contributed by atoms with van der Waals surface area (Å²) in [4.78, 5) is 7.00. The van der Waals surface area contributed by atoms with Crippen LogP contribution in [-0.2, 0) is 6.54 Å². The van der Waals surface area contributed by atoms with Gasteiger partial charge in [-0.3, -0.25) is 4.98 Å². The molecule has 1 saturated heterocycles. The average molecular weight is 497 g/mol. The molecule has 5 nitrogen and oxygen atoms in total. The van der Waals surface area contributed by atoms with Crippen molar-refractivity contribution in [2.45, 2.75) is 46.3 Å². The molecule has 184 valence electrons. The van der Waals surface area contributed by atoms with E-state index in [4.69, 9.17) is 21.9 Å². The van der Waals surface area contributed by atoms with Crippen LogP contribution < -0.4 is 10.1 Å². The van der Waals surface area contributed by atoms with Gasteiger partial charge in [-0.1, -0.05) is 30.3 Å². The van der Waals surface area contributed by atoms with Crippen molar-refractivity contribution in [1.29, 1.82) is 0 Å². The molecule has 1 fully saturated rings. The fourth-order valence-electron chi connectivity index (χ4n) is 5.28. The molecule has 0 radical (unpaired) electrons. The first-order valence-corrected chi connectivity index (χ1v) is 12.7. The van der Waals surface area contributed by atoms with Gasteiger partial charge in [0.2, 0.25) is 0 Å². The van der Waals surface area contributed by atoms with Gasteiger partial charge in [0.1, 0.15) is 5.75 Å². The zero-order valence-corrected chi connectivity index (χ0v) is 22.3. The summed E-state index contributed by atoms with van der Waals surface area (Å²) in [5, 5.41) is 4.33. The van der Waals surface area contributed by atoms with Gasteiger partial charge in [-0.15, -0.1) is 0 Å². The Morgan fingerprint density at radius 2 is 1.75 bits per heavy atom. The summed E-state index contributed by atoms with van der Waals surface area (Å²) in [5.41, 5.74) is 9.65. The van der Waals surface area contributed by atoms with Crippen molar-refractivity contribution in [3.63, 3.8) is 0 Å². The quantitative estimate of drug-likeness (QED) is 0.318. The maximum Gasteiger partial charge on any atom is 0.170 e. The Kier molecular flexibility index (Phi) is 6.54. The number of aromatic nitrogens is 2. The van der Waals surface area contributed by atoms with Crippen molar-refractivity contribution in [3.05, 3.63) is 112 Å². The molecule has 0 saturated carbocycles. The molecular weight excluding hydrogens is 464 g/mol. The Labute approximate surface area is 218 Å². The molecule has 2 unspecified atom stereocenters. The maximum atomic E-state index is 5.91. The number of benzene rings is 2. The van der Waals surface area contributed by atoms with E-state index in [2.05, 4.69) is 84.9 Å². The summed E-state index contributed by atoms with van der Waals surface area (Å²) in [7, 11) is 1.69. The molecular formula is C30H32N4OS. The lowest BCUT2D eigenvalue weighted by atomic mass is 9.96. The Morgan fingerprint density at radius 1 is 0.972 bits per heavy atom. The molecule has 3 heterocycles. The SMILES string of the molecule is COc1ccc(CN2C(=S)NC(c3ccccn3)C2c2cc(C)n(-c3cccc(C)c3C)c2C)cc1. The molecule has 0 amide bonds. The molecule has 2 atom stereocenters. The Morgan fingerprint density at radius 3 is 2.44 bits per heavy atom. The predicted octanol–water partition coefficient (Wildman–Crippen LogP) is 6.29. The highest BCUT2D eigenvalue weighted by Gasteiger charge is 2.41. The second-order valence-electron chi connectivity index (χ2n) is 9.48. The van der Waals surface area contributed by atoms with Crippen LogP contribution in [0.5, 0.6) is 5.75 Å². The summed E-state index contributed by atoms with van der Waals surface area (Å²) >= 11 is 5.91. The van der Waals surface area contributed by atoms with E-state index < -0.39 is 0 Å². The van der Waals surface area contributed by atoms with Crippen molar-refractivity contribution in [2.75, 3.05) is 7.11 Å². The number of aryl methyl sites for hydroxylation is 2. The minimum absolute atomic E-state index is 0.000401. The zero-order valence-electron chi connectivity index (χ0n) is 21.4. The molecule has 6 heteroatoms. The van der Waals surface area contributed by atoms with Gasteiger partial charge in [0.15, 0.2) is 5.11 Å². The third-order valence-electron chi connectivity index (χ3n) is 7.32. The van der Waals surface area contributed by atoms with Gasteiger partial charge in [-0.25, -0.2) is 0 Å². The monoisotopic (exact) mass is 496 g/mol. The number of rotatable bonds is 6. The first-order valence-electron chi connectivity index (χ1n) is 12.3. The van der Waals surface area contributed by atoms with E-state index in [1.165, 1.54) is 39.3 Å². The van der Waals surface area contributed by atoms with E-state index >= 15 is 0 Å². The number of hydrogen-bond donors (Lipinski definition) is 1. The van der Waals surface area contributed by atoms with Gasteiger partial charge in [-0.05, 0) is 98.6 Å². The third kappa shape index (κ3) is 4.26. The minimum atomic E-state index is -0.0514. The van der Waals surface area contributed by atoms with Crippen molar-refractivity contribution in [3.8, 4) is 11.4 Å². The summed E-state index contributed by atoms with van der Waals surface area (Å²) in [6.45, 7) is 9.45. The van der Waals surface area contributed by atoms with Crippen LogP contribution in [0.15, 0.2) is 72.9 Å². The molecule has 5 rings (SSSR count). The number of nitrogens with one attached hydrogen (secondary N) is 1. The highest BCUT2D eigenvalue weighted by atomic mass is 32.1. The molecule has 1 aliphatic rings. The minimum Gasteiger partial charge on any atom is -0.497 e. The van der Waals surface area contributed by atoms with Gasteiger partial charge in [0.05, 0.1) is 24.9 Å². The van der Waals surface area contributed by atoms with E-state index in [9.17, 15) is 0 Å². The molecule has 36 heavy (non-hydrogen) atoms. The van der Waals surface area contributed by atoms with Crippen LogP contribution in [-0.4, -0.2) is 26.7 Å². The van der Waals surface area contributed by atoms with Crippen molar-refractivity contribution in [1.82, 2.24) is 19.8 Å². The van der Waals surface area contributed by atoms with E-state index in [0.29, 0.717) is 6.54 Å². The molecule has 0 aliphatic carbocycles. The van der Waals surface area contributed by atoms with Crippen molar-refractivity contribution in [2.24, 2.45) is 0 Å². The van der Waals surface area contributed by atoms with Crippen LogP contribution in [0, 0.1) is 27.7 Å². The van der Waals surface area contributed by atoms with Crippen LogP contribution >= 0.6 is 12.2 Å². The Balaban J connectivity index is 1.61. The zero-order chi connectivity index (χ0) is 25.4. The van der Waals surface area contributed by atoms with Crippen molar-refractivity contribution < 1.29 is 4.74 Å². The molecule has 1 aliphatic heterocycles. The molecule has 2 aromatic carbocycles. The highest BCUT2D eigenvalue weighted by molar-refractivity contribution is 7.80. The predicted molar refractivity (Wildman–Crippen MR) is 149 cm³/mol. The summed E-state index contributed by atoms with van der Waals surface area (Å²) < 4.78 is 7.73. The van der Waals surface area contributed by atoms with E-state index in [-0.39, 0.29) is 12.1 Å². The van der Waals surface area contributed by atoms with Gasteiger partial charge in [0, 0.05) is 29.8 Å². The number of thiocarbonyl (C=S) groups is 1. The fourth-order valence-corrected chi connectivity index (χ4v) is 5.58. The van der Waals surface area contributed by atoms with Gasteiger partial charge in [-0.2, -0.15) is 0 Å². The van der Waals surface area contributed by atoms with Crippen LogP contribution in [0.25, 0.3) is 5.69 Å². The third-order valence-corrected chi connectivity index (χ3v) is 7.67. The van der Waals surface area contributed by atoms with Gasteiger partial charge < -0.3 is 19.5 Å². The highest BCUT2D eigenvalue weighted by Crippen LogP contribution is 2.42. The number of ether oxygens (including phenoxy) is 1. The number of methoxy groups -OCH3 is 1. The Hall–Kier alpha value is -3.64. The normalized spacial score (nSPS) is 17.4. The molecule has 1 N–H and O–H groups in total. The topological polar surface area (TPSA) is 42.3 Å². The number of nitrogens with zero attached hydrogens (tertiary/aromatic N) is 3. The first-order chi connectivity index (χ1) is 17.4. The summed E-state index contributed by atoms with van der Waals surface area (Å²) in [5.74, 6) is 0.848. The van der Waals surface area contributed by atoms with E-state index in [1.807, 2.05) is 30.5 Å². The van der Waals surface area contributed by atoms with Gasteiger partial charge >= 0.3 is 0 Å². The smallest absolute Gasteiger partial charge is 0.170 e. The van der Waals surface area contributed by atoms with E-state index in [1.54, 1.807) is 7.11 Å². The Bertz CT molecular complexity index is 1390. The molecule has 0 spiro atoms. The van der Waals surface area contributed by atoms with E-state index in [0.717, 1.165) is 16.6 Å². The van der Waals surface area contributed by atoms with Crippen LogP contribution in [0.4, 0.5) is 0 Å². The number of pyridine rings is 1. The average Bonchev–Trinajstić information content (AvgIpc) is 3.36. The van der Waals surface area contributed by atoms with Gasteiger partial charge in [0.25, 0.3) is 0 Å². The molecule has 2 aromatic heterocycles. The van der Waals surface area contributed by atoms with Crippen molar-refractivity contribution >= 4 is 17.3 Å². The second kappa shape index (κ2) is 9.78. The summed E-state index contributed by atoms with van der Waals surface area (Å²) in [6.07, 6.45) is 1.85. The summed E-state index contributed by atoms with van der Waals surface area (Å²) in [6, 6.07) is 23.0. The maximum absolute atomic E-state index is 5.91. The largest absolute Gasteiger partial charge is 0.497 e. The first kappa shape index (κ1) is 24.1.